The molecule has 0 saturated carbocycles. The SMILES string of the molecule is CC[NH+](CC)[C@@H](CN=Cc1c(CO)cnc(C)c1O)c1ccccc1. The van der Waals surface area contributed by atoms with Crippen LogP contribution in [-0.4, -0.2) is 41.0 Å². The fourth-order valence-corrected chi connectivity index (χ4v) is 3.07. The molecule has 0 fully saturated rings. The number of aromatic hydroxyl groups is 1. The molecule has 0 spiro atoms. The first-order chi connectivity index (χ1) is 12.1. The summed E-state index contributed by atoms with van der Waals surface area (Å²) in [6, 6.07) is 10.7. The Bertz CT molecular complexity index is 698. The van der Waals surface area contributed by atoms with E-state index in [1.54, 1.807) is 19.3 Å². The highest BCUT2D eigenvalue weighted by Gasteiger charge is 2.21. The molecular weight excluding hydrogens is 314 g/mol. The van der Waals surface area contributed by atoms with Crippen LogP contribution in [-0.2, 0) is 6.61 Å². The third-order valence-corrected chi connectivity index (χ3v) is 4.64. The molecule has 1 aromatic heterocycles. The molecule has 25 heavy (non-hydrogen) atoms. The molecule has 2 aromatic rings. The van der Waals surface area contributed by atoms with E-state index in [-0.39, 0.29) is 18.4 Å². The average molecular weight is 342 g/mol. The maximum Gasteiger partial charge on any atom is 0.145 e. The summed E-state index contributed by atoms with van der Waals surface area (Å²) in [5, 5.41) is 19.7. The van der Waals surface area contributed by atoms with Gasteiger partial charge in [-0.3, -0.25) is 9.98 Å². The van der Waals surface area contributed by atoms with Gasteiger partial charge in [0.1, 0.15) is 11.8 Å². The van der Waals surface area contributed by atoms with Crippen molar-refractivity contribution in [2.75, 3.05) is 19.6 Å². The number of aliphatic imine (C=N–C) groups is 1. The van der Waals surface area contributed by atoms with Crippen molar-refractivity contribution in [3.8, 4) is 5.75 Å². The summed E-state index contributed by atoms with van der Waals surface area (Å²) in [7, 11) is 0. The number of quaternary nitrogens is 1. The summed E-state index contributed by atoms with van der Waals surface area (Å²) in [5.41, 5.74) is 2.93. The monoisotopic (exact) mass is 342 g/mol. The summed E-state index contributed by atoms with van der Waals surface area (Å²) in [4.78, 5) is 10.1. The van der Waals surface area contributed by atoms with Crippen LogP contribution in [0.4, 0.5) is 0 Å². The van der Waals surface area contributed by atoms with Gasteiger partial charge in [-0.1, -0.05) is 30.3 Å². The van der Waals surface area contributed by atoms with Crippen LogP contribution in [0.15, 0.2) is 41.5 Å². The number of aliphatic hydroxyl groups excluding tert-OH is 1. The van der Waals surface area contributed by atoms with E-state index in [1.165, 1.54) is 10.5 Å². The highest BCUT2D eigenvalue weighted by atomic mass is 16.3. The number of likely N-dealkylation sites (N-methyl/N-ethyl adjacent to an activating group) is 1. The predicted octanol–water partition coefficient (Wildman–Crippen LogP) is 1.67. The Balaban J connectivity index is 2.26. The molecule has 3 N–H and O–H groups in total. The summed E-state index contributed by atoms with van der Waals surface area (Å²) in [5.74, 6) is 0.0850. The van der Waals surface area contributed by atoms with Gasteiger partial charge >= 0.3 is 0 Å². The largest absolute Gasteiger partial charge is 0.505 e. The van der Waals surface area contributed by atoms with E-state index in [0.717, 1.165) is 13.1 Å². The van der Waals surface area contributed by atoms with Crippen molar-refractivity contribution >= 4 is 6.21 Å². The predicted molar refractivity (Wildman–Crippen MR) is 100 cm³/mol. The Morgan fingerprint density at radius 2 is 1.88 bits per heavy atom. The van der Waals surface area contributed by atoms with Crippen LogP contribution in [0.5, 0.6) is 5.75 Å². The number of aliphatic hydroxyl groups is 1. The Morgan fingerprint density at radius 3 is 2.48 bits per heavy atom. The van der Waals surface area contributed by atoms with Crippen LogP contribution < -0.4 is 4.90 Å². The molecule has 0 saturated heterocycles. The molecule has 1 atom stereocenters. The van der Waals surface area contributed by atoms with Crippen LogP contribution in [0.1, 0.15) is 42.3 Å². The average Bonchev–Trinajstić information content (AvgIpc) is 2.65. The van der Waals surface area contributed by atoms with Gasteiger partial charge in [0.05, 0.1) is 31.9 Å². The zero-order valence-electron chi connectivity index (χ0n) is 15.2. The molecule has 1 aromatic carbocycles. The van der Waals surface area contributed by atoms with Gasteiger partial charge in [-0.25, -0.2) is 0 Å². The molecule has 0 unspecified atom stereocenters. The number of benzene rings is 1. The first-order valence-electron chi connectivity index (χ1n) is 8.79. The number of nitrogens with one attached hydrogen (secondary N) is 1. The topological polar surface area (TPSA) is 70.2 Å². The van der Waals surface area contributed by atoms with Crippen molar-refractivity contribution in [1.29, 1.82) is 0 Å². The smallest absolute Gasteiger partial charge is 0.145 e. The second-order valence-corrected chi connectivity index (χ2v) is 6.11. The quantitative estimate of drug-likeness (QED) is 0.639. The van der Waals surface area contributed by atoms with Crippen LogP contribution in [0.2, 0.25) is 0 Å². The van der Waals surface area contributed by atoms with Gasteiger partial charge in [0.15, 0.2) is 0 Å². The fraction of sp³-hybridized carbons (Fsp3) is 0.400. The van der Waals surface area contributed by atoms with Crippen molar-refractivity contribution in [1.82, 2.24) is 4.98 Å². The van der Waals surface area contributed by atoms with E-state index in [9.17, 15) is 10.2 Å². The van der Waals surface area contributed by atoms with Crippen molar-refractivity contribution in [3.63, 3.8) is 0 Å². The Hall–Kier alpha value is -2.24. The third-order valence-electron chi connectivity index (χ3n) is 4.64. The normalized spacial score (nSPS) is 12.8. The van der Waals surface area contributed by atoms with Crippen LogP contribution in [0, 0.1) is 6.92 Å². The molecule has 0 bridgehead atoms. The number of hydrogen-bond donors (Lipinski definition) is 3. The molecule has 0 aliphatic carbocycles. The second-order valence-electron chi connectivity index (χ2n) is 6.11. The van der Waals surface area contributed by atoms with E-state index in [0.29, 0.717) is 23.4 Å². The van der Waals surface area contributed by atoms with Gasteiger partial charge in [0.25, 0.3) is 0 Å². The summed E-state index contributed by atoms with van der Waals surface area (Å²) in [6.07, 6.45) is 3.25. The van der Waals surface area contributed by atoms with E-state index in [2.05, 4.69) is 48.1 Å². The first-order valence-corrected chi connectivity index (χ1v) is 8.79. The Labute approximate surface area is 149 Å². The van der Waals surface area contributed by atoms with Gasteiger partial charge in [-0.05, 0) is 20.8 Å². The number of rotatable bonds is 8. The molecule has 0 aliphatic heterocycles. The molecule has 2 rings (SSSR count). The number of pyridine rings is 1. The molecule has 5 nitrogen and oxygen atoms in total. The minimum absolute atomic E-state index is 0.0850. The zero-order valence-corrected chi connectivity index (χ0v) is 15.2. The van der Waals surface area contributed by atoms with E-state index < -0.39 is 0 Å². The Morgan fingerprint density at radius 1 is 1.20 bits per heavy atom. The van der Waals surface area contributed by atoms with Crippen LogP contribution in [0.3, 0.4) is 0 Å². The summed E-state index contributed by atoms with van der Waals surface area (Å²) >= 11 is 0. The van der Waals surface area contributed by atoms with Gasteiger partial charge in [0, 0.05) is 29.1 Å². The van der Waals surface area contributed by atoms with E-state index in [1.807, 2.05) is 6.07 Å². The van der Waals surface area contributed by atoms with Gasteiger partial charge < -0.3 is 15.1 Å². The van der Waals surface area contributed by atoms with Crippen LogP contribution >= 0.6 is 0 Å². The van der Waals surface area contributed by atoms with Crippen molar-refractivity contribution in [2.24, 2.45) is 4.99 Å². The van der Waals surface area contributed by atoms with Crippen molar-refractivity contribution < 1.29 is 15.1 Å². The minimum Gasteiger partial charge on any atom is -0.505 e. The number of hydrogen-bond acceptors (Lipinski definition) is 4. The second kappa shape index (κ2) is 9.30. The maximum absolute atomic E-state index is 10.2. The van der Waals surface area contributed by atoms with Gasteiger partial charge in [-0.15, -0.1) is 0 Å². The number of aryl methyl sites for hydroxylation is 1. The molecule has 0 amide bonds. The minimum atomic E-state index is -0.175. The lowest BCUT2D eigenvalue weighted by Crippen LogP contribution is -3.12. The lowest BCUT2D eigenvalue weighted by molar-refractivity contribution is -0.926. The van der Waals surface area contributed by atoms with Crippen LogP contribution in [0.25, 0.3) is 0 Å². The fourth-order valence-electron chi connectivity index (χ4n) is 3.07. The van der Waals surface area contributed by atoms with Crippen molar-refractivity contribution in [3.05, 3.63) is 58.9 Å². The number of aromatic nitrogens is 1. The highest BCUT2D eigenvalue weighted by Crippen LogP contribution is 2.22. The number of nitrogens with zero attached hydrogens (tertiary/aromatic N) is 2. The molecule has 5 heteroatoms. The molecular formula is C20H28N3O2+. The van der Waals surface area contributed by atoms with Gasteiger partial charge in [-0.2, -0.15) is 0 Å². The molecule has 0 aliphatic rings. The summed E-state index contributed by atoms with van der Waals surface area (Å²) in [6.45, 7) is 8.58. The molecule has 0 radical (unpaired) electrons. The maximum atomic E-state index is 10.2. The molecule has 134 valence electrons. The standard InChI is InChI=1S/C20H27N3O2/c1-4-23(5-2)19(16-9-7-6-8-10-16)13-21-12-18-17(14-24)11-22-15(3)20(18)25/h6-12,19,24-25H,4-5,13-14H2,1-3H3/p+1/t19-/m0/s1. The molecule has 1 heterocycles. The van der Waals surface area contributed by atoms with Crippen molar-refractivity contribution in [2.45, 2.75) is 33.4 Å². The van der Waals surface area contributed by atoms with E-state index >= 15 is 0 Å². The highest BCUT2D eigenvalue weighted by molar-refractivity contribution is 5.85. The van der Waals surface area contributed by atoms with Gasteiger partial charge in [0.2, 0.25) is 0 Å². The van der Waals surface area contributed by atoms with E-state index in [4.69, 9.17) is 0 Å². The lowest BCUT2D eigenvalue weighted by atomic mass is 10.1. The zero-order chi connectivity index (χ0) is 18.2. The third kappa shape index (κ3) is 4.65. The lowest BCUT2D eigenvalue weighted by Gasteiger charge is -2.25. The first kappa shape index (κ1) is 19.1. The Kier molecular flexibility index (Phi) is 7.10. The summed E-state index contributed by atoms with van der Waals surface area (Å²) < 4.78 is 0.